The van der Waals surface area contributed by atoms with Crippen LogP contribution in [0.15, 0.2) is 0 Å². The lowest BCUT2D eigenvalue weighted by atomic mass is 9.99. The Morgan fingerprint density at radius 2 is 2.21 bits per heavy atom. The summed E-state index contributed by atoms with van der Waals surface area (Å²) in [5.41, 5.74) is -0.236. The Labute approximate surface area is 92.7 Å². The number of amides is 1. The first-order chi connectivity index (χ1) is 6.60. The molecule has 3 nitrogen and oxygen atoms in total. The predicted octanol–water partition coefficient (Wildman–Crippen LogP) is 1.46. The molecule has 1 amide bonds. The van der Waals surface area contributed by atoms with Crippen LogP contribution < -0.4 is 5.32 Å². The fourth-order valence-corrected chi connectivity index (χ4v) is 2.23. The average molecular weight is 262 g/mol. The lowest BCUT2D eigenvalue weighted by Crippen LogP contribution is -2.52. The van der Waals surface area contributed by atoms with Gasteiger partial charge in [-0.2, -0.15) is 0 Å². The average Bonchev–Trinajstić information content (AvgIpc) is 2.78. The van der Waals surface area contributed by atoms with E-state index in [0.717, 1.165) is 31.2 Å². The summed E-state index contributed by atoms with van der Waals surface area (Å²) < 4.78 is 5.34. The van der Waals surface area contributed by atoms with E-state index in [9.17, 15) is 4.79 Å². The molecule has 1 saturated heterocycles. The molecule has 1 heterocycles. The molecule has 2 rings (SSSR count). The number of hydrogen-bond acceptors (Lipinski definition) is 2. The third-order valence-electron chi connectivity index (χ3n) is 3.29. The van der Waals surface area contributed by atoms with Crippen LogP contribution in [0.4, 0.5) is 0 Å². The second-order valence-corrected chi connectivity index (χ2v) is 5.29. The second-order valence-electron chi connectivity index (χ2n) is 4.73. The van der Waals surface area contributed by atoms with Gasteiger partial charge < -0.3 is 10.1 Å². The number of alkyl halides is 1. The molecule has 0 radical (unpaired) electrons. The number of hydrogen-bond donors (Lipinski definition) is 1. The van der Waals surface area contributed by atoms with Crippen LogP contribution in [0.3, 0.4) is 0 Å². The predicted molar refractivity (Wildman–Crippen MR) is 57.4 cm³/mol. The van der Waals surface area contributed by atoms with Gasteiger partial charge in [0, 0.05) is 17.4 Å². The number of carbonyl (C=O) groups is 1. The molecule has 1 N–H and O–H groups in total. The Bertz CT molecular complexity index is 245. The van der Waals surface area contributed by atoms with Gasteiger partial charge >= 0.3 is 0 Å². The normalized spacial score (nSPS) is 34.1. The van der Waals surface area contributed by atoms with E-state index in [1.807, 2.05) is 6.92 Å². The highest BCUT2D eigenvalue weighted by molar-refractivity contribution is 9.09. The van der Waals surface area contributed by atoms with Gasteiger partial charge in [-0.1, -0.05) is 22.9 Å². The number of nitrogens with one attached hydrogen (secondary N) is 1. The molecule has 1 aliphatic heterocycles. The molecule has 2 aliphatic rings. The van der Waals surface area contributed by atoms with E-state index in [2.05, 4.69) is 21.2 Å². The number of rotatable bonds is 3. The first kappa shape index (κ1) is 10.4. The van der Waals surface area contributed by atoms with Gasteiger partial charge in [-0.25, -0.2) is 0 Å². The van der Waals surface area contributed by atoms with Crippen molar-refractivity contribution >= 4 is 21.8 Å². The minimum Gasteiger partial charge on any atom is -0.379 e. The first-order valence-electron chi connectivity index (χ1n) is 5.07. The Balaban J connectivity index is 1.97. The first-order valence-corrected chi connectivity index (χ1v) is 6.19. The van der Waals surface area contributed by atoms with Gasteiger partial charge in [-0.05, 0) is 19.3 Å². The zero-order valence-corrected chi connectivity index (χ0v) is 10.0. The maximum atomic E-state index is 11.9. The SMILES string of the molecule is CC1(C(=O)NC2(CBr)CCOC2)CC1. The van der Waals surface area contributed by atoms with Crippen molar-refractivity contribution < 1.29 is 9.53 Å². The number of carbonyl (C=O) groups excluding carboxylic acids is 1. The molecule has 0 aromatic rings. The van der Waals surface area contributed by atoms with Crippen molar-refractivity contribution in [1.82, 2.24) is 5.32 Å². The van der Waals surface area contributed by atoms with Gasteiger partial charge in [0.15, 0.2) is 0 Å². The number of ether oxygens (including phenoxy) is 1. The summed E-state index contributed by atoms with van der Waals surface area (Å²) in [7, 11) is 0. The molecule has 0 aromatic carbocycles. The molecule has 0 aromatic heterocycles. The molecule has 4 heteroatoms. The van der Waals surface area contributed by atoms with E-state index in [-0.39, 0.29) is 16.9 Å². The molecular weight excluding hydrogens is 246 g/mol. The third kappa shape index (κ3) is 1.82. The molecule has 1 aliphatic carbocycles. The fraction of sp³-hybridized carbons (Fsp3) is 0.900. The summed E-state index contributed by atoms with van der Waals surface area (Å²) in [5.74, 6) is 0.197. The van der Waals surface area contributed by atoms with Gasteiger partial charge in [0.25, 0.3) is 0 Å². The quantitative estimate of drug-likeness (QED) is 0.782. The van der Waals surface area contributed by atoms with E-state index >= 15 is 0 Å². The zero-order valence-electron chi connectivity index (χ0n) is 8.44. The van der Waals surface area contributed by atoms with Crippen LogP contribution in [-0.4, -0.2) is 30.0 Å². The molecule has 1 unspecified atom stereocenters. The summed E-state index contributed by atoms with van der Waals surface area (Å²) >= 11 is 3.45. The monoisotopic (exact) mass is 261 g/mol. The molecule has 0 bridgehead atoms. The summed E-state index contributed by atoms with van der Waals surface area (Å²) in [6, 6.07) is 0. The van der Waals surface area contributed by atoms with Crippen molar-refractivity contribution in [2.24, 2.45) is 5.41 Å². The highest BCUT2D eigenvalue weighted by Gasteiger charge is 2.48. The summed E-state index contributed by atoms with van der Waals surface area (Å²) in [6.45, 7) is 3.42. The molecule has 0 spiro atoms. The second kappa shape index (κ2) is 3.49. The van der Waals surface area contributed by atoms with Crippen LogP contribution in [0.5, 0.6) is 0 Å². The fourth-order valence-electron chi connectivity index (χ4n) is 1.65. The Morgan fingerprint density at radius 3 is 2.64 bits per heavy atom. The van der Waals surface area contributed by atoms with Crippen LogP contribution in [0.25, 0.3) is 0 Å². The van der Waals surface area contributed by atoms with E-state index in [1.54, 1.807) is 0 Å². The minimum atomic E-state index is -0.150. The van der Waals surface area contributed by atoms with Gasteiger partial charge in [-0.3, -0.25) is 4.79 Å². The largest absolute Gasteiger partial charge is 0.379 e. The van der Waals surface area contributed by atoms with Crippen LogP contribution in [0, 0.1) is 5.41 Å². The van der Waals surface area contributed by atoms with Crippen molar-refractivity contribution in [3.63, 3.8) is 0 Å². The topological polar surface area (TPSA) is 38.3 Å². The van der Waals surface area contributed by atoms with Crippen molar-refractivity contribution in [2.45, 2.75) is 31.7 Å². The van der Waals surface area contributed by atoms with Crippen molar-refractivity contribution in [2.75, 3.05) is 18.5 Å². The molecule has 80 valence electrons. The molecule has 2 fully saturated rings. The highest BCUT2D eigenvalue weighted by atomic mass is 79.9. The van der Waals surface area contributed by atoms with Gasteiger partial charge in [-0.15, -0.1) is 0 Å². The molecule has 1 saturated carbocycles. The van der Waals surface area contributed by atoms with Gasteiger partial charge in [0.05, 0.1) is 12.1 Å². The maximum absolute atomic E-state index is 11.9. The zero-order chi connectivity index (χ0) is 10.2. The van der Waals surface area contributed by atoms with Gasteiger partial charge in [0.2, 0.25) is 5.91 Å². The Morgan fingerprint density at radius 1 is 1.50 bits per heavy atom. The summed E-state index contributed by atoms with van der Waals surface area (Å²) in [5, 5.41) is 3.91. The summed E-state index contributed by atoms with van der Waals surface area (Å²) in [6.07, 6.45) is 2.97. The lowest BCUT2D eigenvalue weighted by Gasteiger charge is -2.28. The van der Waals surface area contributed by atoms with Crippen LogP contribution in [0.1, 0.15) is 26.2 Å². The number of halogens is 1. The van der Waals surface area contributed by atoms with Crippen molar-refractivity contribution in [1.29, 1.82) is 0 Å². The van der Waals surface area contributed by atoms with E-state index in [4.69, 9.17) is 4.74 Å². The van der Waals surface area contributed by atoms with Crippen molar-refractivity contribution in [3.05, 3.63) is 0 Å². The van der Waals surface area contributed by atoms with E-state index in [1.165, 1.54) is 0 Å². The highest BCUT2D eigenvalue weighted by Crippen LogP contribution is 2.45. The molecule has 14 heavy (non-hydrogen) atoms. The van der Waals surface area contributed by atoms with Crippen LogP contribution in [-0.2, 0) is 9.53 Å². The molecular formula is C10H16BrNO2. The summed E-state index contributed by atoms with van der Waals surface area (Å²) in [4.78, 5) is 11.9. The Hall–Kier alpha value is -0.0900. The van der Waals surface area contributed by atoms with Crippen molar-refractivity contribution in [3.8, 4) is 0 Å². The van der Waals surface area contributed by atoms with E-state index < -0.39 is 0 Å². The van der Waals surface area contributed by atoms with Crippen LogP contribution >= 0.6 is 15.9 Å². The molecule has 1 atom stereocenters. The lowest BCUT2D eigenvalue weighted by molar-refractivity contribution is -0.127. The standard InChI is InChI=1S/C10H16BrNO2/c1-9(2-3-9)8(13)12-10(6-11)4-5-14-7-10/h2-7H2,1H3,(H,12,13). The third-order valence-corrected chi connectivity index (χ3v) is 4.36. The van der Waals surface area contributed by atoms with Crippen LogP contribution in [0.2, 0.25) is 0 Å². The maximum Gasteiger partial charge on any atom is 0.226 e. The minimum absolute atomic E-state index is 0.0856. The smallest absolute Gasteiger partial charge is 0.226 e. The van der Waals surface area contributed by atoms with Gasteiger partial charge in [0.1, 0.15) is 0 Å². The van der Waals surface area contributed by atoms with E-state index in [0.29, 0.717) is 6.61 Å². The Kier molecular flexibility index (Phi) is 2.60.